The zero-order valence-corrected chi connectivity index (χ0v) is 28.1. The Labute approximate surface area is 281 Å². The van der Waals surface area contributed by atoms with Crippen molar-refractivity contribution >= 4 is 23.9 Å². The van der Waals surface area contributed by atoms with E-state index in [0.29, 0.717) is 5.56 Å². The highest BCUT2D eigenvalue weighted by Gasteiger charge is 3.04. The number of esters is 4. The lowest BCUT2D eigenvalue weighted by Crippen LogP contribution is -2.97. The van der Waals surface area contributed by atoms with Crippen LogP contribution in [0.5, 0.6) is 0 Å². The van der Waals surface area contributed by atoms with Gasteiger partial charge in [0.25, 0.3) is 0 Å². The zero-order valence-electron chi connectivity index (χ0n) is 28.1. The van der Waals surface area contributed by atoms with Crippen molar-refractivity contribution in [1.29, 1.82) is 0 Å². The minimum atomic E-state index is -2.67. The van der Waals surface area contributed by atoms with Crippen molar-refractivity contribution in [2.75, 3.05) is 6.61 Å². The first-order chi connectivity index (χ1) is 22.8. The monoisotopic (exact) mass is 690 g/mol. The summed E-state index contributed by atoms with van der Waals surface area (Å²) in [5.41, 5.74) is -14.2. The van der Waals surface area contributed by atoms with E-state index in [0.717, 1.165) is 6.92 Å². The lowest BCUT2D eigenvalue weighted by molar-refractivity contribution is -0.450. The van der Waals surface area contributed by atoms with E-state index in [2.05, 4.69) is 0 Å². The predicted octanol–water partition coefficient (Wildman–Crippen LogP) is 0.588. The van der Waals surface area contributed by atoms with Crippen LogP contribution in [0.2, 0.25) is 0 Å². The van der Waals surface area contributed by atoms with Gasteiger partial charge in [0.15, 0.2) is 11.9 Å². The second kappa shape index (κ2) is 9.42. The van der Waals surface area contributed by atoms with Gasteiger partial charge < -0.3 is 53.3 Å². The van der Waals surface area contributed by atoms with Crippen LogP contribution in [0.1, 0.15) is 78.9 Å². The van der Waals surface area contributed by atoms with Crippen molar-refractivity contribution in [1.82, 2.24) is 0 Å². The van der Waals surface area contributed by atoms with E-state index < -0.39 is 117 Å². The number of carbonyl (C=O) groups excluding carboxylic acids is 4. The number of carbonyl (C=O) groups is 4. The molecular weight excluding hydrogens is 648 g/mol. The van der Waals surface area contributed by atoms with E-state index in [1.54, 1.807) is 26.8 Å². The molecule has 0 aromatic carbocycles. The quantitative estimate of drug-likeness (QED) is 0.237. The Morgan fingerprint density at radius 3 is 2.35 bits per heavy atom. The van der Waals surface area contributed by atoms with Gasteiger partial charge in [0.05, 0.1) is 24.0 Å². The molecule has 1 unspecified atom stereocenters. The van der Waals surface area contributed by atoms with Gasteiger partial charge in [0, 0.05) is 55.9 Å². The molecule has 4 heterocycles. The van der Waals surface area contributed by atoms with Crippen LogP contribution in [-0.2, 0) is 47.6 Å². The highest BCUT2D eigenvalue weighted by atomic mass is 16.8. The largest absolute Gasteiger partial charge is 0.472 e. The standard InChI is InChI=1S/C34H42O15/c1-7-29-11-20-28(6,24(45-15(2)35)18-8-9-43-12-18)22(39)23(40)34(42)30-14-44-21(38)10-19(30)27(5)13-31(30,41)33(47-17(4)37,25(27)46-16(3)36)26(48-29)32(20,34)49-29/h8-9,12,19-20,22-26,39-42H,7,10-11,13-14H2,1-6H3/t19?,20-,22+,23-,24+,25+,26+,27-,28+,29+,30-,31-,32-,33+,34+/m1/s1. The highest BCUT2D eigenvalue weighted by molar-refractivity contribution is 5.74. The maximum absolute atomic E-state index is 13.8. The fourth-order valence-electron chi connectivity index (χ4n) is 12.6. The molecular formula is C34H42O15. The fraction of sp³-hybridized carbons (Fsp3) is 0.765. The third-order valence-electron chi connectivity index (χ3n) is 14.0. The first-order valence-electron chi connectivity index (χ1n) is 16.7. The Bertz CT molecular complexity index is 1660. The molecule has 15 atom stereocenters. The first-order valence-corrected chi connectivity index (χ1v) is 16.7. The first kappa shape index (κ1) is 33.1. The molecule has 4 N–H and O–H groups in total. The van der Waals surface area contributed by atoms with Crippen LogP contribution in [0.3, 0.4) is 0 Å². The average Bonchev–Trinajstić information content (AvgIpc) is 3.82. The summed E-state index contributed by atoms with van der Waals surface area (Å²) in [6.45, 7) is 7.87. The SMILES string of the molecule is CC[C@@]12C[C@@H]3[C@](C)([C@@H](OC(C)=O)c4ccoc4)[C@@H](O)[C@@H](O)[C@@]4(O)[C@]3(O1)[C@H](O2)[C@@]1(OC(C)=O)[C@@H](OC(C)=O)[C@]2(C)C[C@@]1(O)[C@]41COC(=O)CC12. The lowest BCUT2D eigenvalue weighted by Gasteiger charge is -2.77. The summed E-state index contributed by atoms with van der Waals surface area (Å²) >= 11 is 0. The average molecular weight is 691 g/mol. The number of rotatable bonds is 6. The van der Waals surface area contributed by atoms with Gasteiger partial charge in [-0.3, -0.25) is 19.2 Å². The fourth-order valence-corrected chi connectivity index (χ4v) is 12.6. The molecule has 1 aromatic rings. The molecule has 2 spiro atoms. The van der Waals surface area contributed by atoms with Gasteiger partial charge in [-0.2, -0.15) is 0 Å². The number of fused-ring (bicyclic) bond motifs is 4. The molecule has 3 saturated heterocycles. The Balaban J connectivity index is 1.49. The summed E-state index contributed by atoms with van der Waals surface area (Å²) in [6, 6.07) is 1.55. The van der Waals surface area contributed by atoms with E-state index in [9.17, 15) is 39.6 Å². The van der Waals surface area contributed by atoms with Gasteiger partial charge in [0.1, 0.15) is 41.7 Å². The van der Waals surface area contributed by atoms with Crippen LogP contribution in [-0.4, -0.2) is 104 Å². The molecule has 1 aromatic heterocycles. The Kier molecular flexibility index (Phi) is 6.36. The molecule has 4 aliphatic carbocycles. The van der Waals surface area contributed by atoms with Gasteiger partial charge in [-0.05, 0) is 24.8 Å². The molecule has 7 aliphatic rings. The second-order valence-electron chi connectivity index (χ2n) is 15.8. The summed E-state index contributed by atoms with van der Waals surface area (Å²) in [5, 5.41) is 52.3. The Hall–Kier alpha value is -3.08. The van der Waals surface area contributed by atoms with E-state index in [4.69, 9.17) is 32.8 Å². The van der Waals surface area contributed by atoms with Crippen molar-refractivity contribution in [3.8, 4) is 0 Å². The number of ether oxygens (including phenoxy) is 6. The van der Waals surface area contributed by atoms with Gasteiger partial charge >= 0.3 is 23.9 Å². The van der Waals surface area contributed by atoms with E-state index in [1.807, 2.05) is 0 Å². The van der Waals surface area contributed by atoms with Crippen molar-refractivity contribution in [3.05, 3.63) is 24.2 Å². The number of hydrogen-bond acceptors (Lipinski definition) is 15. The topological polar surface area (TPSA) is 218 Å². The third kappa shape index (κ3) is 3.16. The van der Waals surface area contributed by atoms with Crippen molar-refractivity contribution in [2.24, 2.45) is 28.1 Å². The van der Waals surface area contributed by atoms with Gasteiger partial charge in [0.2, 0.25) is 5.60 Å². The predicted molar refractivity (Wildman–Crippen MR) is 157 cm³/mol. The summed E-state index contributed by atoms with van der Waals surface area (Å²) < 4.78 is 43.0. The van der Waals surface area contributed by atoms with Crippen LogP contribution < -0.4 is 0 Å². The number of hydrogen-bond donors (Lipinski definition) is 4. The minimum Gasteiger partial charge on any atom is -0.472 e. The molecule has 268 valence electrons. The Morgan fingerprint density at radius 2 is 1.76 bits per heavy atom. The highest BCUT2D eigenvalue weighted by Crippen LogP contribution is 2.87. The minimum absolute atomic E-state index is 0.0111. The molecule has 15 heteroatoms. The summed E-state index contributed by atoms with van der Waals surface area (Å²) in [4.78, 5) is 52.0. The molecule has 15 nitrogen and oxygen atoms in total. The van der Waals surface area contributed by atoms with Gasteiger partial charge in [-0.1, -0.05) is 20.8 Å². The summed E-state index contributed by atoms with van der Waals surface area (Å²) in [5.74, 6) is -6.68. The second-order valence-corrected chi connectivity index (χ2v) is 15.8. The van der Waals surface area contributed by atoms with Crippen molar-refractivity contribution < 1.29 is 72.4 Å². The number of aliphatic hydroxyl groups excluding tert-OH is 2. The molecule has 8 rings (SSSR count). The maximum atomic E-state index is 13.8. The molecule has 4 bridgehead atoms. The smallest absolute Gasteiger partial charge is 0.306 e. The number of aliphatic hydroxyl groups is 4. The summed E-state index contributed by atoms with van der Waals surface area (Å²) in [6.07, 6.45) is -6.15. The molecule has 0 radical (unpaired) electrons. The van der Waals surface area contributed by atoms with Crippen LogP contribution >= 0.6 is 0 Å². The van der Waals surface area contributed by atoms with Crippen LogP contribution in [0.4, 0.5) is 0 Å². The molecule has 7 fully saturated rings. The van der Waals surface area contributed by atoms with Crippen LogP contribution in [0, 0.1) is 28.1 Å². The normalized spacial score (nSPS) is 53.3. The van der Waals surface area contributed by atoms with Crippen molar-refractivity contribution in [2.45, 2.75) is 126 Å². The summed E-state index contributed by atoms with van der Waals surface area (Å²) in [7, 11) is 0. The van der Waals surface area contributed by atoms with Crippen LogP contribution in [0.25, 0.3) is 0 Å². The maximum Gasteiger partial charge on any atom is 0.306 e. The van der Waals surface area contributed by atoms with Crippen molar-refractivity contribution in [3.63, 3.8) is 0 Å². The molecule has 49 heavy (non-hydrogen) atoms. The van der Waals surface area contributed by atoms with E-state index >= 15 is 0 Å². The lowest BCUT2D eigenvalue weighted by atomic mass is 9.32. The van der Waals surface area contributed by atoms with E-state index in [-0.39, 0.29) is 25.7 Å². The number of cyclic esters (lactones) is 1. The Morgan fingerprint density at radius 1 is 1.04 bits per heavy atom. The zero-order chi connectivity index (χ0) is 35.5. The number of furan rings is 1. The van der Waals surface area contributed by atoms with Crippen LogP contribution in [0.15, 0.2) is 23.0 Å². The van der Waals surface area contributed by atoms with Gasteiger partial charge in [-0.15, -0.1) is 0 Å². The van der Waals surface area contributed by atoms with Gasteiger partial charge in [-0.25, -0.2) is 0 Å². The van der Waals surface area contributed by atoms with E-state index in [1.165, 1.54) is 26.4 Å². The molecule has 0 amide bonds. The third-order valence-corrected chi connectivity index (χ3v) is 14.0. The molecule has 4 saturated carbocycles. The molecule has 3 aliphatic heterocycles.